The van der Waals surface area contributed by atoms with Gasteiger partial charge in [0.25, 0.3) is 0 Å². The van der Waals surface area contributed by atoms with E-state index in [0.717, 1.165) is 24.6 Å². The second-order valence-electron chi connectivity index (χ2n) is 8.26. The zero-order valence-electron chi connectivity index (χ0n) is 15.7. The van der Waals surface area contributed by atoms with Crippen LogP contribution in [0.3, 0.4) is 0 Å². The van der Waals surface area contributed by atoms with Gasteiger partial charge in [0, 0.05) is 37.6 Å². The molecule has 4 nitrogen and oxygen atoms in total. The predicted molar refractivity (Wildman–Crippen MR) is 106 cm³/mol. The molecule has 1 amide bonds. The number of halogens is 1. The molecule has 4 rings (SSSR count). The van der Waals surface area contributed by atoms with Crippen LogP contribution in [0, 0.1) is 17.8 Å². The molecule has 2 aliphatic carbocycles. The first kappa shape index (κ1) is 19.7. The summed E-state index contributed by atoms with van der Waals surface area (Å²) in [5.74, 6) is 1.61. The van der Waals surface area contributed by atoms with E-state index in [1.165, 1.54) is 45.1 Å². The molecule has 26 heavy (non-hydrogen) atoms. The maximum atomic E-state index is 11.7. The molecular formula is C21H31ClN2O2. The molecule has 3 fully saturated rings. The van der Waals surface area contributed by atoms with Crippen molar-refractivity contribution in [3.8, 4) is 0 Å². The van der Waals surface area contributed by atoms with Crippen LogP contribution < -0.4 is 5.73 Å². The number of hydrogen-bond acceptors (Lipinski definition) is 3. The normalized spacial score (nSPS) is 31.3. The minimum absolute atomic E-state index is 0. The zero-order chi connectivity index (χ0) is 17.4. The number of nitrogens with two attached hydrogens (primary N) is 1. The number of carbonyl (C=O) groups is 1. The smallest absolute Gasteiger partial charge is 0.248 e. The first-order valence-electron chi connectivity index (χ1n) is 9.81. The molecule has 1 aromatic rings. The lowest BCUT2D eigenvalue weighted by molar-refractivity contribution is -0.169. The minimum Gasteiger partial charge on any atom is -0.373 e. The van der Waals surface area contributed by atoms with Crippen molar-refractivity contribution in [2.75, 3.05) is 26.7 Å². The van der Waals surface area contributed by atoms with Gasteiger partial charge in [-0.3, -0.25) is 4.79 Å². The number of primary amides is 1. The summed E-state index contributed by atoms with van der Waals surface area (Å²) in [6.07, 6.45) is 7.91. The standard InChI is InChI=1S/C21H30N2O2.ClH/c1-25-21(17-5-2-4-16(12-17)20(22)24)18-6-3-7-19(21)14-23(13-18)11-10-15-8-9-15;/h2,4-5,12,15,18-19H,3,6-11,13-14H2,1H3,(H2,22,24);1H/t18-,19+,21+;. The van der Waals surface area contributed by atoms with Crippen molar-refractivity contribution in [2.45, 2.75) is 44.1 Å². The minimum atomic E-state index is -0.361. The zero-order valence-corrected chi connectivity index (χ0v) is 16.5. The maximum absolute atomic E-state index is 11.7. The lowest BCUT2D eigenvalue weighted by Gasteiger charge is -2.55. The van der Waals surface area contributed by atoms with Gasteiger partial charge in [0.15, 0.2) is 0 Å². The van der Waals surface area contributed by atoms with E-state index >= 15 is 0 Å². The highest BCUT2D eigenvalue weighted by atomic mass is 35.5. The van der Waals surface area contributed by atoms with Crippen molar-refractivity contribution in [3.63, 3.8) is 0 Å². The number of ether oxygens (including phenoxy) is 1. The fraction of sp³-hybridized carbons (Fsp3) is 0.667. The van der Waals surface area contributed by atoms with Gasteiger partial charge < -0.3 is 15.4 Å². The Kier molecular flexibility index (Phi) is 5.95. The molecule has 1 aliphatic heterocycles. The molecule has 2 N–H and O–H groups in total. The summed E-state index contributed by atoms with van der Waals surface area (Å²) in [6, 6.07) is 7.85. The summed E-state index contributed by atoms with van der Waals surface area (Å²) in [5, 5.41) is 0. The Hall–Kier alpha value is -1.10. The lowest BCUT2D eigenvalue weighted by Crippen LogP contribution is -2.59. The Bertz CT molecular complexity index is 633. The average molecular weight is 379 g/mol. The molecule has 1 saturated heterocycles. The van der Waals surface area contributed by atoms with Crippen molar-refractivity contribution in [1.82, 2.24) is 4.90 Å². The number of nitrogens with zero attached hydrogens (tertiary/aromatic N) is 1. The van der Waals surface area contributed by atoms with Crippen molar-refractivity contribution in [1.29, 1.82) is 0 Å². The van der Waals surface area contributed by atoms with Crippen LogP contribution in [0.2, 0.25) is 0 Å². The van der Waals surface area contributed by atoms with Crippen LogP contribution in [0.1, 0.15) is 54.4 Å². The van der Waals surface area contributed by atoms with Crippen molar-refractivity contribution in [3.05, 3.63) is 35.4 Å². The monoisotopic (exact) mass is 378 g/mol. The number of carbonyl (C=O) groups excluding carboxylic acids is 1. The summed E-state index contributed by atoms with van der Waals surface area (Å²) >= 11 is 0. The van der Waals surface area contributed by atoms with Gasteiger partial charge in [-0.1, -0.05) is 31.4 Å². The highest BCUT2D eigenvalue weighted by molar-refractivity contribution is 5.92. The number of hydrogen-bond donors (Lipinski definition) is 1. The summed E-state index contributed by atoms with van der Waals surface area (Å²) < 4.78 is 6.27. The maximum Gasteiger partial charge on any atom is 0.248 e. The van der Waals surface area contributed by atoms with E-state index in [0.29, 0.717) is 17.4 Å². The number of fused-ring (bicyclic) bond motifs is 2. The van der Waals surface area contributed by atoms with Crippen LogP contribution in [-0.2, 0) is 10.3 Å². The van der Waals surface area contributed by atoms with E-state index in [1.54, 1.807) is 6.07 Å². The van der Waals surface area contributed by atoms with E-state index in [-0.39, 0.29) is 23.9 Å². The summed E-state index contributed by atoms with van der Waals surface area (Å²) in [6.45, 7) is 3.45. The number of benzene rings is 1. The Morgan fingerprint density at radius 1 is 1.23 bits per heavy atom. The largest absolute Gasteiger partial charge is 0.373 e. The van der Waals surface area contributed by atoms with Crippen molar-refractivity contribution in [2.24, 2.45) is 23.5 Å². The van der Waals surface area contributed by atoms with Crippen LogP contribution in [0.15, 0.2) is 24.3 Å². The Labute approximate surface area is 162 Å². The van der Waals surface area contributed by atoms with Gasteiger partial charge in [0.2, 0.25) is 5.91 Å². The summed E-state index contributed by atoms with van der Waals surface area (Å²) in [5.41, 5.74) is 6.98. The third-order valence-corrected chi connectivity index (χ3v) is 6.76. The molecule has 0 radical (unpaired) electrons. The Morgan fingerprint density at radius 2 is 1.92 bits per heavy atom. The Balaban J connectivity index is 0.00000196. The topological polar surface area (TPSA) is 55.6 Å². The fourth-order valence-corrected chi connectivity index (χ4v) is 5.32. The molecule has 2 saturated carbocycles. The quantitative estimate of drug-likeness (QED) is 0.823. The second-order valence-corrected chi connectivity index (χ2v) is 8.26. The van der Waals surface area contributed by atoms with Crippen molar-refractivity contribution < 1.29 is 9.53 Å². The first-order chi connectivity index (χ1) is 12.1. The number of piperidine rings is 1. The van der Waals surface area contributed by atoms with Gasteiger partial charge in [-0.05, 0) is 49.4 Å². The number of methoxy groups -OCH3 is 1. The summed E-state index contributed by atoms with van der Waals surface area (Å²) in [4.78, 5) is 14.3. The van der Waals surface area contributed by atoms with Gasteiger partial charge >= 0.3 is 0 Å². The molecule has 0 unspecified atom stereocenters. The number of likely N-dealkylation sites (tertiary alicyclic amines) is 1. The molecule has 1 heterocycles. The highest BCUT2D eigenvalue weighted by Gasteiger charge is 2.53. The molecular weight excluding hydrogens is 348 g/mol. The average Bonchev–Trinajstić information content (AvgIpc) is 3.43. The first-order valence-corrected chi connectivity index (χ1v) is 9.81. The van der Waals surface area contributed by atoms with Gasteiger partial charge in [-0.2, -0.15) is 0 Å². The van der Waals surface area contributed by atoms with Crippen LogP contribution in [0.4, 0.5) is 0 Å². The van der Waals surface area contributed by atoms with E-state index in [9.17, 15) is 4.79 Å². The van der Waals surface area contributed by atoms with E-state index < -0.39 is 0 Å². The van der Waals surface area contributed by atoms with E-state index in [4.69, 9.17) is 10.5 Å². The van der Waals surface area contributed by atoms with E-state index in [2.05, 4.69) is 11.0 Å². The SMILES string of the molecule is CO[C@@]1(c2cccc(C(N)=O)c2)[C@@H]2CCC[C@H]1CN(CCC1CC1)C2.Cl. The Morgan fingerprint density at radius 3 is 2.50 bits per heavy atom. The van der Waals surface area contributed by atoms with Crippen LogP contribution in [0.5, 0.6) is 0 Å². The lowest BCUT2D eigenvalue weighted by atomic mass is 9.62. The fourth-order valence-electron chi connectivity index (χ4n) is 5.32. The molecule has 144 valence electrons. The van der Waals surface area contributed by atoms with Crippen LogP contribution in [0.25, 0.3) is 0 Å². The molecule has 3 atom stereocenters. The summed E-state index contributed by atoms with van der Waals surface area (Å²) in [7, 11) is 1.85. The molecule has 0 aromatic heterocycles. The predicted octanol–water partition coefficient (Wildman–Crippen LogP) is 3.58. The van der Waals surface area contributed by atoms with Gasteiger partial charge in [-0.25, -0.2) is 0 Å². The molecule has 5 heteroatoms. The van der Waals surface area contributed by atoms with Gasteiger partial charge in [0.1, 0.15) is 5.60 Å². The number of amides is 1. The van der Waals surface area contributed by atoms with Gasteiger partial charge in [0.05, 0.1) is 0 Å². The van der Waals surface area contributed by atoms with Gasteiger partial charge in [-0.15, -0.1) is 12.4 Å². The molecule has 3 aliphatic rings. The number of rotatable bonds is 6. The van der Waals surface area contributed by atoms with E-state index in [1.807, 2.05) is 19.2 Å². The highest BCUT2D eigenvalue weighted by Crippen LogP contribution is 2.51. The van der Waals surface area contributed by atoms with Crippen LogP contribution in [-0.4, -0.2) is 37.6 Å². The second kappa shape index (κ2) is 7.87. The third kappa shape index (κ3) is 3.51. The van der Waals surface area contributed by atoms with Crippen LogP contribution >= 0.6 is 12.4 Å². The third-order valence-electron chi connectivity index (χ3n) is 6.76. The molecule has 1 aromatic carbocycles. The molecule has 2 bridgehead atoms. The van der Waals surface area contributed by atoms with Crippen molar-refractivity contribution >= 4 is 18.3 Å². The molecule has 0 spiro atoms.